The smallest absolute Gasteiger partial charge is 0.293 e. The number of benzene rings is 2. The Labute approximate surface area is 188 Å². The third-order valence-corrected chi connectivity index (χ3v) is 6.31. The van der Waals surface area contributed by atoms with Crippen LogP contribution in [0.5, 0.6) is 0 Å². The summed E-state index contributed by atoms with van der Waals surface area (Å²) in [4.78, 5) is 26.6. The number of nitrogens with zero attached hydrogens (tertiary/aromatic N) is 1. The molecule has 0 bridgehead atoms. The van der Waals surface area contributed by atoms with Gasteiger partial charge in [-0.1, -0.05) is 40.2 Å². The summed E-state index contributed by atoms with van der Waals surface area (Å²) in [6, 6.07) is 19.2. The lowest BCUT2D eigenvalue weighted by molar-refractivity contribution is -0.123. The first-order valence-electron chi connectivity index (χ1n) is 8.35. The molecule has 4 nitrogen and oxygen atoms in total. The van der Waals surface area contributed by atoms with Gasteiger partial charge in [0.15, 0.2) is 0 Å². The first-order chi connectivity index (χ1) is 13.5. The molecule has 1 saturated heterocycles. The Hall–Kier alpha value is -1.84. The summed E-state index contributed by atoms with van der Waals surface area (Å²) in [5.41, 5.74) is 1.86. The van der Waals surface area contributed by atoms with Gasteiger partial charge >= 0.3 is 0 Å². The fraction of sp³-hybridized carbons (Fsp3) is 0.0476. The number of amides is 2. The van der Waals surface area contributed by atoms with Gasteiger partial charge in [0.1, 0.15) is 11.5 Å². The minimum absolute atomic E-state index is 0.251. The molecule has 0 saturated carbocycles. The first-order valence-corrected chi connectivity index (χ1v) is 11.0. The van der Waals surface area contributed by atoms with Crippen molar-refractivity contribution in [3.63, 3.8) is 0 Å². The van der Waals surface area contributed by atoms with Crippen molar-refractivity contribution in [3.05, 3.63) is 84.9 Å². The monoisotopic (exact) mass is 565 g/mol. The largest absolute Gasteiger partial charge is 0.457 e. The fourth-order valence-corrected chi connectivity index (χ4v) is 4.18. The third-order valence-electron chi connectivity index (χ3n) is 4.16. The zero-order chi connectivity index (χ0) is 19.7. The van der Waals surface area contributed by atoms with Crippen LogP contribution in [-0.4, -0.2) is 16.0 Å². The molecule has 0 atom stereocenters. The van der Waals surface area contributed by atoms with Gasteiger partial charge in [-0.25, -0.2) is 0 Å². The number of furan rings is 1. The van der Waals surface area contributed by atoms with Crippen molar-refractivity contribution in [2.75, 3.05) is 0 Å². The predicted octanol–water partition coefficient (Wildman–Crippen LogP) is 6.55. The molecular weight excluding hydrogens is 553 g/mol. The summed E-state index contributed by atoms with van der Waals surface area (Å²) in [5.74, 6) is 0.963. The van der Waals surface area contributed by atoms with Crippen molar-refractivity contribution < 1.29 is 14.0 Å². The average molecular weight is 566 g/mol. The molecule has 140 valence electrons. The molecule has 0 spiro atoms. The van der Waals surface area contributed by atoms with Crippen LogP contribution in [0.3, 0.4) is 0 Å². The molecular formula is C21H13BrINO3S. The number of thioether (sulfide) groups is 1. The average Bonchev–Trinajstić information content (AvgIpc) is 3.24. The van der Waals surface area contributed by atoms with Crippen LogP contribution in [0.25, 0.3) is 17.4 Å². The number of hydrogen-bond acceptors (Lipinski definition) is 4. The molecule has 0 N–H and O–H groups in total. The molecule has 0 radical (unpaired) electrons. The molecule has 4 rings (SSSR count). The van der Waals surface area contributed by atoms with E-state index in [1.54, 1.807) is 12.1 Å². The highest BCUT2D eigenvalue weighted by molar-refractivity contribution is 14.1. The lowest BCUT2D eigenvalue weighted by Crippen LogP contribution is -2.27. The maximum absolute atomic E-state index is 12.7. The first kappa shape index (κ1) is 19.5. The van der Waals surface area contributed by atoms with E-state index in [-0.39, 0.29) is 17.7 Å². The second kappa shape index (κ2) is 8.26. The van der Waals surface area contributed by atoms with Gasteiger partial charge in [-0.3, -0.25) is 14.5 Å². The van der Waals surface area contributed by atoms with Crippen LogP contribution in [0.4, 0.5) is 4.79 Å². The lowest BCUT2D eigenvalue weighted by Gasteiger charge is -2.12. The Balaban J connectivity index is 1.52. The maximum atomic E-state index is 12.7. The number of rotatable bonds is 4. The number of imide groups is 1. The van der Waals surface area contributed by atoms with Crippen LogP contribution in [0.15, 0.2) is 74.5 Å². The molecule has 2 amide bonds. The summed E-state index contributed by atoms with van der Waals surface area (Å²) in [5, 5.41) is -0.274. The second-order valence-corrected chi connectivity index (χ2v) is 9.26. The van der Waals surface area contributed by atoms with E-state index in [1.165, 1.54) is 4.90 Å². The topological polar surface area (TPSA) is 50.5 Å². The molecule has 3 aromatic rings. The van der Waals surface area contributed by atoms with Gasteiger partial charge in [-0.15, -0.1) is 0 Å². The molecule has 1 fully saturated rings. The fourth-order valence-electron chi connectivity index (χ4n) is 2.74. The number of halogens is 2. The van der Waals surface area contributed by atoms with Gasteiger partial charge in [-0.05, 0) is 76.3 Å². The molecule has 1 aliphatic heterocycles. The van der Waals surface area contributed by atoms with Gasteiger partial charge in [-0.2, -0.15) is 0 Å². The molecule has 1 aromatic heterocycles. The Morgan fingerprint density at radius 2 is 1.71 bits per heavy atom. The van der Waals surface area contributed by atoms with E-state index in [2.05, 4.69) is 38.5 Å². The van der Waals surface area contributed by atoms with Crippen molar-refractivity contribution in [1.29, 1.82) is 0 Å². The summed E-state index contributed by atoms with van der Waals surface area (Å²) in [6.07, 6.45) is 1.63. The molecule has 2 aromatic carbocycles. The highest BCUT2D eigenvalue weighted by atomic mass is 127. The van der Waals surface area contributed by atoms with E-state index < -0.39 is 0 Å². The van der Waals surface area contributed by atoms with E-state index in [1.807, 2.05) is 54.6 Å². The van der Waals surface area contributed by atoms with E-state index in [0.717, 1.165) is 36.7 Å². The van der Waals surface area contributed by atoms with Crippen LogP contribution in [0.2, 0.25) is 0 Å². The zero-order valence-electron chi connectivity index (χ0n) is 14.4. The van der Waals surface area contributed by atoms with Gasteiger partial charge in [0.05, 0.1) is 11.4 Å². The zero-order valence-corrected chi connectivity index (χ0v) is 19.0. The highest BCUT2D eigenvalue weighted by Gasteiger charge is 2.35. The summed E-state index contributed by atoms with van der Waals surface area (Å²) >= 11 is 6.56. The van der Waals surface area contributed by atoms with Crippen molar-refractivity contribution >= 4 is 67.5 Å². The Kier molecular flexibility index (Phi) is 5.75. The van der Waals surface area contributed by atoms with Crippen LogP contribution in [0, 0.1) is 3.57 Å². The standard InChI is InChI=1S/C21H13BrINO3S/c22-15-5-1-13(2-6-15)12-24-20(25)19(28-21(24)26)11-17-9-10-18(27-17)14-3-7-16(23)8-4-14/h1-11H,12H2/b19-11-. The van der Waals surface area contributed by atoms with Crippen molar-refractivity contribution in [3.8, 4) is 11.3 Å². The number of hydrogen-bond donors (Lipinski definition) is 0. The van der Waals surface area contributed by atoms with E-state index in [4.69, 9.17) is 4.42 Å². The predicted molar refractivity (Wildman–Crippen MR) is 123 cm³/mol. The summed E-state index contributed by atoms with van der Waals surface area (Å²) < 4.78 is 7.94. The third kappa shape index (κ3) is 4.26. The van der Waals surface area contributed by atoms with E-state index >= 15 is 0 Å². The van der Waals surface area contributed by atoms with E-state index in [9.17, 15) is 9.59 Å². The maximum Gasteiger partial charge on any atom is 0.293 e. The SMILES string of the molecule is O=C1S/C(=C\c2ccc(-c3ccc(I)cc3)o2)C(=O)N1Cc1ccc(Br)cc1. The quantitative estimate of drug-likeness (QED) is 0.266. The van der Waals surface area contributed by atoms with Gasteiger partial charge < -0.3 is 4.42 Å². The van der Waals surface area contributed by atoms with Gasteiger partial charge in [0.2, 0.25) is 0 Å². The van der Waals surface area contributed by atoms with Crippen LogP contribution >= 0.6 is 50.3 Å². The summed E-state index contributed by atoms with van der Waals surface area (Å²) in [6.45, 7) is 0.251. The van der Waals surface area contributed by atoms with Gasteiger partial charge in [0.25, 0.3) is 11.1 Å². The molecule has 1 aliphatic rings. The van der Waals surface area contributed by atoms with Gasteiger partial charge in [0, 0.05) is 19.7 Å². The molecule has 7 heteroatoms. The van der Waals surface area contributed by atoms with Crippen LogP contribution in [0.1, 0.15) is 11.3 Å². The summed E-state index contributed by atoms with van der Waals surface area (Å²) in [7, 11) is 0. The van der Waals surface area contributed by atoms with Crippen molar-refractivity contribution in [1.82, 2.24) is 4.90 Å². The highest BCUT2D eigenvalue weighted by Crippen LogP contribution is 2.34. The number of carbonyl (C=O) groups is 2. The molecule has 28 heavy (non-hydrogen) atoms. The Morgan fingerprint density at radius 1 is 1.00 bits per heavy atom. The lowest BCUT2D eigenvalue weighted by atomic mass is 10.2. The minimum atomic E-state index is -0.301. The van der Waals surface area contributed by atoms with Crippen LogP contribution < -0.4 is 0 Å². The second-order valence-electron chi connectivity index (χ2n) is 6.10. The van der Waals surface area contributed by atoms with E-state index in [0.29, 0.717) is 10.7 Å². The molecule has 0 unspecified atom stereocenters. The minimum Gasteiger partial charge on any atom is -0.457 e. The van der Waals surface area contributed by atoms with Crippen LogP contribution in [-0.2, 0) is 11.3 Å². The number of carbonyl (C=O) groups excluding carboxylic acids is 2. The van der Waals surface area contributed by atoms with Crippen molar-refractivity contribution in [2.24, 2.45) is 0 Å². The molecule has 0 aliphatic carbocycles. The normalized spacial score (nSPS) is 15.6. The molecule has 2 heterocycles. The Bertz CT molecular complexity index is 1070. The Morgan fingerprint density at radius 3 is 2.43 bits per heavy atom. The van der Waals surface area contributed by atoms with Crippen molar-refractivity contribution in [2.45, 2.75) is 6.54 Å².